The normalized spacial score (nSPS) is 22.1. The zero-order valence-electron chi connectivity index (χ0n) is 10.6. The van der Waals surface area contributed by atoms with Crippen molar-refractivity contribution >= 4 is 21.6 Å². The first-order chi connectivity index (χ1) is 9.37. The molecule has 106 valence electrons. The summed E-state index contributed by atoms with van der Waals surface area (Å²) in [6.45, 7) is 0.209. The Morgan fingerprint density at radius 1 is 1.40 bits per heavy atom. The molecule has 1 heterocycles. The van der Waals surface area contributed by atoms with E-state index in [0.29, 0.717) is 0 Å². The van der Waals surface area contributed by atoms with Crippen LogP contribution in [0.25, 0.3) is 0 Å². The smallest absolute Gasteiger partial charge is 0.244 e. The number of benzene rings is 1. The summed E-state index contributed by atoms with van der Waals surface area (Å²) in [6.07, 6.45) is 1.91. The van der Waals surface area contributed by atoms with Crippen LogP contribution in [0.4, 0.5) is 0 Å². The summed E-state index contributed by atoms with van der Waals surface area (Å²) in [5.41, 5.74) is -0.641. The van der Waals surface area contributed by atoms with Gasteiger partial charge in [0.2, 0.25) is 10.0 Å². The van der Waals surface area contributed by atoms with Crippen LogP contribution in [-0.2, 0) is 10.0 Å². The number of hydrogen-bond donors (Lipinski definition) is 1. The second kappa shape index (κ2) is 4.43. The third-order valence-electron chi connectivity index (χ3n) is 3.92. The maximum atomic E-state index is 12.5. The molecule has 0 atom stereocenters. The van der Waals surface area contributed by atoms with Crippen LogP contribution in [-0.4, -0.2) is 36.5 Å². The Bertz CT molecular complexity index is 701. The van der Waals surface area contributed by atoms with Gasteiger partial charge in [-0.1, -0.05) is 11.6 Å². The zero-order chi connectivity index (χ0) is 14.5. The maximum Gasteiger partial charge on any atom is 0.244 e. The Morgan fingerprint density at radius 3 is 2.60 bits per heavy atom. The number of β-amino-alcohol motifs (C(OH)–C–C–N with tert-alkyl or cyclic N) is 1. The Balaban J connectivity index is 1.88. The lowest BCUT2D eigenvalue weighted by Gasteiger charge is -2.45. The maximum absolute atomic E-state index is 12.5. The van der Waals surface area contributed by atoms with Crippen molar-refractivity contribution in [2.24, 2.45) is 5.92 Å². The van der Waals surface area contributed by atoms with Crippen molar-refractivity contribution in [3.05, 3.63) is 28.8 Å². The summed E-state index contributed by atoms with van der Waals surface area (Å²) in [6, 6.07) is 6.04. The first-order valence-corrected chi connectivity index (χ1v) is 8.11. The number of sulfonamides is 1. The fourth-order valence-corrected chi connectivity index (χ4v) is 4.59. The predicted molar refractivity (Wildman–Crippen MR) is 72.6 cm³/mol. The molecule has 1 saturated heterocycles. The fraction of sp³-hybridized carbons (Fsp3) is 0.462. The molecule has 0 amide bonds. The number of hydrogen-bond acceptors (Lipinski definition) is 4. The standard InChI is InChI=1S/C13H13ClN2O3S/c14-11-4-1-9(6-15)5-12(11)20(18,19)16-7-13(17,8-16)10-2-3-10/h1,4-5,10,17H,2-3,7-8H2. The molecule has 1 aromatic rings. The van der Waals surface area contributed by atoms with Gasteiger partial charge in [0, 0.05) is 13.1 Å². The molecule has 0 radical (unpaired) electrons. The van der Waals surface area contributed by atoms with E-state index in [2.05, 4.69) is 0 Å². The quantitative estimate of drug-likeness (QED) is 0.913. The lowest BCUT2D eigenvalue weighted by molar-refractivity contribution is -0.0764. The largest absolute Gasteiger partial charge is 0.387 e. The van der Waals surface area contributed by atoms with Gasteiger partial charge >= 0.3 is 0 Å². The molecule has 20 heavy (non-hydrogen) atoms. The molecule has 1 N–H and O–H groups in total. The summed E-state index contributed by atoms with van der Waals surface area (Å²) in [4.78, 5) is -0.0731. The third kappa shape index (κ3) is 2.11. The van der Waals surface area contributed by atoms with Gasteiger partial charge in [0.1, 0.15) is 4.90 Å². The summed E-state index contributed by atoms with van der Waals surface area (Å²) in [5.74, 6) is 0.217. The van der Waals surface area contributed by atoms with Crippen molar-refractivity contribution in [2.45, 2.75) is 23.3 Å². The van der Waals surface area contributed by atoms with Gasteiger partial charge in [0.15, 0.2) is 0 Å². The van der Waals surface area contributed by atoms with Crippen molar-refractivity contribution in [1.29, 1.82) is 5.26 Å². The predicted octanol–water partition coefficient (Wildman–Crippen LogP) is 1.36. The molecular formula is C13H13ClN2O3S. The Hall–Kier alpha value is -1.13. The van der Waals surface area contributed by atoms with Gasteiger partial charge in [-0.3, -0.25) is 0 Å². The summed E-state index contributed by atoms with van der Waals surface area (Å²) in [5, 5.41) is 19.1. The van der Waals surface area contributed by atoms with Gasteiger partial charge in [-0.25, -0.2) is 8.42 Å². The molecule has 1 saturated carbocycles. The fourth-order valence-electron chi connectivity index (χ4n) is 2.52. The SMILES string of the molecule is N#Cc1ccc(Cl)c(S(=O)(=O)N2CC(O)(C3CC3)C2)c1. The molecule has 7 heteroatoms. The number of nitrogens with zero attached hydrogens (tertiary/aromatic N) is 2. The van der Waals surface area contributed by atoms with E-state index in [4.69, 9.17) is 16.9 Å². The van der Waals surface area contributed by atoms with Gasteiger partial charge in [0.25, 0.3) is 0 Å². The minimum atomic E-state index is -3.75. The van der Waals surface area contributed by atoms with Crippen molar-refractivity contribution in [2.75, 3.05) is 13.1 Å². The van der Waals surface area contributed by atoms with Gasteiger partial charge in [-0.2, -0.15) is 9.57 Å². The number of nitriles is 1. The second-order valence-corrected chi connectivity index (χ2v) is 7.72. The van der Waals surface area contributed by atoms with Crippen molar-refractivity contribution < 1.29 is 13.5 Å². The van der Waals surface area contributed by atoms with Crippen LogP contribution in [0.1, 0.15) is 18.4 Å². The highest BCUT2D eigenvalue weighted by molar-refractivity contribution is 7.89. The molecule has 3 rings (SSSR count). The molecule has 0 spiro atoms. The molecular weight excluding hydrogens is 300 g/mol. The van der Waals surface area contributed by atoms with E-state index < -0.39 is 15.6 Å². The Labute approximate surface area is 122 Å². The molecule has 1 aliphatic heterocycles. The van der Waals surface area contributed by atoms with E-state index in [1.54, 1.807) is 0 Å². The molecule has 1 aliphatic carbocycles. The van der Waals surface area contributed by atoms with Gasteiger partial charge in [0.05, 0.1) is 22.3 Å². The highest BCUT2D eigenvalue weighted by atomic mass is 35.5. The molecule has 1 aromatic carbocycles. The minimum absolute atomic E-state index is 0.0731. The van der Waals surface area contributed by atoms with Crippen LogP contribution in [0, 0.1) is 17.2 Å². The van der Waals surface area contributed by atoms with Gasteiger partial charge in [-0.05, 0) is 37.0 Å². The number of halogens is 1. The first-order valence-electron chi connectivity index (χ1n) is 6.29. The molecule has 0 bridgehead atoms. The molecule has 5 nitrogen and oxygen atoms in total. The minimum Gasteiger partial charge on any atom is -0.387 e. The van der Waals surface area contributed by atoms with Gasteiger partial charge in [-0.15, -0.1) is 0 Å². The lowest BCUT2D eigenvalue weighted by Crippen LogP contribution is -2.64. The molecule has 0 unspecified atom stereocenters. The third-order valence-corrected chi connectivity index (χ3v) is 6.19. The topological polar surface area (TPSA) is 81.4 Å². The Kier molecular flexibility index (Phi) is 3.07. The first kappa shape index (κ1) is 13.8. The average molecular weight is 313 g/mol. The molecule has 2 aliphatic rings. The Morgan fingerprint density at radius 2 is 2.05 bits per heavy atom. The zero-order valence-corrected chi connectivity index (χ0v) is 12.2. The lowest BCUT2D eigenvalue weighted by atomic mass is 9.91. The van der Waals surface area contributed by atoms with Crippen molar-refractivity contribution in [3.63, 3.8) is 0 Å². The number of rotatable bonds is 3. The van der Waals surface area contributed by atoms with E-state index >= 15 is 0 Å². The highest BCUT2D eigenvalue weighted by Crippen LogP contribution is 2.46. The van der Waals surface area contributed by atoms with Gasteiger partial charge < -0.3 is 5.11 Å². The summed E-state index contributed by atoms with van der Waals surface area (Å²) >= 11 is 5.93. The van der Waals surface area contributed by atoms with E-state index in [0.717, 1.165) is 12.8 Å². The molecule has 2 fully saturated rings. The molecule has 0 aromatic heterocycles. The summed E-state index contributed by atoms with van der Waals surface area (Å²) < 4.78 is 26.1. The van der Waals surface area contributed by atoms with Crippen LogP contribution in [0.15, 0.2) is 23.1 Å². The van der Waals surface area contributed by atoms with Crippen LogP contribution in [0.2, 0.25) is 5.02 Å². The van der Waals surface area contributed by atoms with E-state index in [1.807, 2.05) is 6.07 Å². The van der Waals surface area contributed by atoms with E-state index in [-0.39, 0.29) is 34.5 Å². The average Bonchev–Trinajstić information content (AvgIpc) is 3.19. The van der Waals surface area contributed by atoms with Crippen LogP contribution < -0.4 is 0 Å². The number of aliphatic hydroxyl groups is 1. The second-order valence-electron chi connectivity index (χ2n) is 5.41. The monoisotopic (exact) mass is 312 g/mol. The van der Waals surface area contributed by atoms with Crippen molar-refractivity contribution in [3.8, 4) is 6.07 Å². The van der Waals surface area contributed by atoms with Crippen LogP contribution >= 0.6 is 11.6 Å². The highest BCUT2D eigenvalue weighted by Gasteiger charge is 2.55. The van der Waals surface area contributed by atoms with E-state index in [9.17, 15) is 13.5 Å². The van der Waals surface area contributed by atoms with Crippen LogP contribution in [0.3, 0.4) is 0 Å². The van der Waals surface area contributed by atoms with Crippen molar-refractivity contribution in [1.82, 2.24) is 4.31 Å². The summed E-state index contributed by atoms with van der Waals surface area (Å²) in [7, 11) is -3.75. The van der Waals surface area contributed by atoms with Crippen LogP contribution in [0.5, 0.6) is 0 Å². The van der Waals surface area contributed by atoms with E-state index in [1.165, 1.54) is 22.5 Å².